The molecule has 1 aromatic carbocycles. The maximum absolute atomic E-state index is 6.25. The van der Waals surface area contributed by atoms with Gasteiger partial charge in [0.2, 0.25) is 0 Å². The molecular formula is C16H20N2O. The van der Waals surface area contributed by atoms with Crippen LogP contribution >= 0.6 is 0 Å². The Labute approximate surface area is 114 Å². The van der Waals surface area contributed by atoms with E-state index in [4.69, 9.17) is 10.5 Å². The molecule has 1 aromatic heterocycles. The second-order valence-electron chi connectivity index (χ2n) is 4.73. The molecule has 3 heteroatoms. The van der Waals surface area contributed by atoms with E-state index in [1.54, 1.807) is 13.3 Å². The number of hydrogen-bond donors (Lipinski definition) is 1. The maximum Gasteiger partial charge on any atom is 0.118 e. The van der Waals surface area contributed by atoms with Crippen molar-refractivity contribution in [1.29, 1.82) is 0 Å². The highest BCUT2D eigenvalue weighted by molar-refractivity contribution is 5.28. The minimum absolute atomic E-state index is 0.0603. The van der Waals surface area contributed by atoms with Crippen LogP contribution in [-0.4, -0.2) is 12.1 Å². The summed E-state index contributed by atoms with van der Waals surface area (Å²) in [5, 5.41) is 0. The van der Waals surface area contributed by atoms with Gasteiger partial charge in [0.1, 0.15) is 5.75 Å². The van der Waals surface area contributed by atoms with Crippen molar-refractivity contribution in [2.45, 2.75) is 25.8 Å². The van der Waals surface area contributed by atoms with Gasteiger partial charge >= 0.3 is 0 Å². The second-order valence-corrected chi connectivity index (χ2v) is 4.73. The summed E-state index contributed by atoms with van der Waals surface area (Å²) in [4.78, 5) is 4.10. The zero-order chi connectivity index (χ0) is 13.7. The van der Waals surface area contributed by atoms with Crippen molar-refractivity contribution in [3.8, 4) is 5.75 Å². The van der Waals surface area contributed by atoms with Crippen molar-refractivity contribution in [3.05, 3.63) is 59.4 Å². The van der Waals surface area contributed by atoms with Gasteiger partial charge in [0.05, 0.1) is 7.11 Å². The highest BCUT2D eigenvalue weighted by Gasteiger charge is 2.08. The monoisotopic (exact) mass is 256 g/mol. The van der Waals surface area contributed by atoms with Gasteiger partial charge in [0.25, 0.3) is 0 Å². The Balaban J connectivity index is 1.96. The fourth-order valence-electron chi connectivity index (χ4n) is 2.17. The number of rotatable bonds is 5. The normalized spacial score (nSPS) is 12.2. The van der Waals surface area contributed by atoms with E-state index in [1.807, 2.05) is 24.4 Å². The van der Waals surface area contributed by atoms with E-state index >= 15 is 0 Å². The van der Waals surface area contributed by atoms with E-state index in [1.165, 1.54) is 11.1 Å². The molecular weight excluding hydrogens is 236 g/mol. The van der Waals surface area contributed by atoms with Crippen LogP contribution in [0.5, 0.6) is 5.75 Å². The third-order valence-electron chi connectivity index (χ3n) is 3.37. The zero-order valence-corrected chi connectivity index (χ0v) is 11.5. The van der Waals surface area contributed by atoms with Crippen LogP contribution in [0.2, 0.25) is 0 Å². The molecule has 100 valence electrons. The fraction of sp³-hybridized carbons (Fsp3) is 0.312. The first-order valence-corrected chi connectivity index (χ1v) is 6.49. The number of aromatic nitrogens is 1. The van der Waals surface area contributed by atoms with E-state index in [-0.39, 0.29) is 6.04 Å². The summed E-state index contributed by atoms with van der Waals surface area (Å²) in [6.45, 7) is 2.05. The largest absolute Gasteiger partial charge is 0.497 e. The third kappa shape index (κ3) is 3.55. The first kappa shape index (κ1) is 13.6. The topological polar surface area (TPSA) is 48.1 Å². The van der Waals surface area contributed by atoms with Gasteiger partial charge in [-0.3, -0.25) is 4.98 Å². The molecule has 0 aliphatic heterocycles. The summed E-state index contributed by atoms with van der Waals surface area (Å²) >= 11 is 0. The molecule has 0 spiro atoms. The Kier molecular flexibility index (Phi) is 4.53. The molecule has 0 saturated heterocycles. The standard InChI is InChI=1S/C16H20N2O/c1-12-11-18-10-9-15(12)16(17)8-5-13-3-6-14(19-2)7-4-13/h3-4,6-7,9-11,16H,5,8,17H2,1-2H3. The number of benzene rings is 1. The van der Waals surface area contributed by atoms with Crippen molar-refractivity contribution < 1.29 is 4.74 Å². The summed E-state index contributed by atoms with van der Waals surface area (Å²) in [6, 6.07) is 10.2. The van der Waals surface area contributed by atoms with Crippen LogP contribution in [0.3, 0.4) is 0 Å². The average molecular weight is 256 g/mol. The molecule has 19 heavy (non-hydrogen) atoms. The minimum atomic E-state index is 0.0603. The quantitative estimate of drug-likeness (QED) is 0.894. The molecule has 1 unspecified atom stereocenters. The van der Waals surface area contributed by atoms with Crippen molar-refractivity contribution in [2.24, 2.45) is 5.73 Å². The number of nitrogens with two attached hydrogens (primary N) is 1. The summed E-state index contributed by atoms with van der Waals surface area (Å²) in [5.74, 6) is 0.887. The van der Waals surface area contributed by atoms with Crippen LogP contribution in [0.4, 0.5) is 0 Å². The minimum Gasteiger partial charge on any atom is -0.497 e. The molecule has 0 bridgehead atoms. The van der Waals surface area contributed by atoms with Gasteiger partial charge in [-0.15, -0.1) is 0 Å². The summed E-state index contributed by atoms with van der Waals surface area (Å²) in [7, 11) is 1.68. The van der Waals surface area contributed by atoms with Crippen molar-refractivity contribution in [3.63, 3.8) is 0 Å². The molecule has 0 saturated carbocycles. The lowest BCUT2D eigenvalue weighted by atomic mass is 9.98. The number of hydrogen-bond acceptors (Lipinski definition) is 3. The first-order chi connectivity index (χ1) is 9.20. The summed E-state index contributed by atoms with van der Waals surface area (Å²) < 4.78 is 5.15. The van der Waals surface area contributed by atoms with Gasteiger partial charge in [-0.2, -0.15) is 0 Å². The van der Waals surface area contributed by atoms with E-state index in [9.17, 15) is 0 Å². The van der Waals surface area contributed by atoms with Crippen molar-refractivity contribution in [2.75, 3.05) is 7.11 Å². The van der Waals surface area contributed by atoms with Gasteiger partial charge in [0, 0.05) is 18.4 Å². The molecule has 1 heterocycles. The van der Waals surface area contributed by atoms with Gasteiger partial charge in [-0.25, -0.2) is 0 Å². The first-order valence-electron chi connectivity index (χ1n) is 6.49. The Hall–Kier alpha value is -1.87. The summed E-state index contributed by atoms with van der Waals surface area (Å²) in [6.07, 6.45) is 5.56. The van der Waals surface area contributed by atoms with Crippen LogP contribution in [0, 0.1) is 6.92 Å². The second kappa shape index (κ2) is 6.34. The van der Waals surface area contributed by atoms with Crippen LogP contribution in [0.1, 0.15) is 29.2 Å². The number of aryl methyl sites for hydroxylation is 2. The molecule has 0 radical (unpaired) electrons. The van der Waals surface area contributed by atoms with Crippen LogP contribution < -0.4 is 10.5 Å². The number of ether oxygens (including phenoxy) is 1. The van der Waals surface area contributed by atoms with Crippen molar-refractivity contribution >= 4 is 0 Å². The zero-order valence-electron chi connectivity index (χ0n) is 11.5. The fourth-order valence-corrected chi connectivity index (χ4v) is 2.17. The Bertz CT molecular complexity index is 523. The van der Waals surface area contributed by atoms with E-state index in [0.29, 0.717) is 0 Å². The predicted molar refractivity (Wildman–Crippen MR) is 77.2 cm³/mol. The van der Waals surface area contributed by atoms with Crippen molar-refractivity contribution in [1.82, 2.24) is 4.98 Å². The van der Waals surface area contributed by atoms with E-state index in [0.717, 1.165) is 24.2 Å². The molecule has 0 amide bonds. The number of nitrogens with zero attached hydrogens (tertiary/aromatic N) is 1. The number of pyridine rings is 1. The molecule has 2 rings (SSSR count). The highest BCUT2D eigenvalue weighted by Crippen LogP contribution is 2.20. The van der Waals surface area contributed by atoms with E-state index in [2.05, 4.69) is 24.0 Å². The smallest absolute Gasteiger partial charge is 0.118 e. The van der Waals surface area contributed by atoms with Crippen LogP contribution in [-0.2, 0) is 6.42 Å². The molecule has 1 atom stereocenters. The maximum atomic E-state index is 6.25. The lowest BCUT2D eigenvalue weighted by Crippen LogP contribution is -2.12. The average Bonchev–Trinajstić information content (AvgIpc) is 2.46. The number of methoxy groups -OCH3 is 1. The van der Waals surface area contributed by atoms with Crippen LogP contribution in [0.15, 0.2) is 42.7 Å². The molecule has 0 aliphatic rings. The lowest BCUT2D eigenvalue weighted by molar-refractivity contribution is 0.414. The van der Waals surface area contributed by atoms with Crippen LogP contribution in [0.25, 0.3) is 0 Å². The Morgan fingerprint density at radius 3 is 2.58 bits per heavy atom. The molecule has 3 nitrogen and oxygen atoms in total. The predicted octanol–water partition coefficient (Wildman–Crippen LogP) is 3.03. The van der Waals surface area contributed by atoms with E-state index < -0.39 is 0 Å². The molecule has 0 fully saturated rings. The summed E-state index contributed by atoms with van der Waals surface area (Å²) in [5.41, 5.74) is 9.87. The SMILES string of the molecule is COc1ccc(CCC(N)c2ccncc2C)cc1. The Morgan fingerprint density at radius 1 is 1.21 bits per heavy atom. The molecule has 2 aromatic rings. The van der Waals surface area contributed by atoms with Gasteiger partial charge in [-0.05, 0) is 54.7 Å². The van der Waals surface area contributed by atoms with Gasteiger partial charge < -0.3 is 10.5 Å². The lowest BCUT2D eigenvalue weighted by Gasteiger charge is -2.14. The highest BCUT2D eigenvalue weighted by atomic mass is 16.5. The van der Waals surface area contributed by atoms with Gasteiger partial charge in [-0.1, -0.05) is 12.1 Å². The van der Waals surface area contributed by atoms with Gasteiger partial charge in [0.15, 0.2) is 0 Å². The molecule has 0 aliphatic carbocycles. The third-order valence-corrected chi connectivity index (χ3v) is 3.37. The Morgan fingerprint density at radius 2 is 1.95 bits per heavy atom. The molecule has 2 N–H and O–H groups in total.